The summed E-state index contributed by atoms with van der Waals surface area (Å²) in [5.74, 6) is -3.27. The molecule has 2 rings (SSSR count). The fourth-order valence-electron chi connectivity index (χ4n) is 3.59. The van der Waals surface area contributed by atoms with Gasteiger partial charge in [0.05, 0.1) is 18.3 Å². The molecule has 0 aliphatic rings. The highest BCUT2D eigenvalue weighted by Crippen LogP contribution is 2.29. The van der Waals surface area contributed by atoms with E-state index in [4.69, 9.17) is 5.73 Å². The van der Waals surface area contributed by atoms with Gasteiger partial charge < -0.3 is 31.7 Å². The number of aliphatic carboxylic acids is 1. The number of carboxylic acids is 1. The Morgan fingerprint density at radius 3 is 2.26 bits per heavy atom. The Kier molecular flexibility index (Phi) is 9.88. The molecule has 0 spiro atoms. The standard InChI is InChI=1S/C22H30N5O7P/c1-12(2)8-17(22(31)32)26-21(30)16(25-20(29)13(3)24-19(28)10-23)9-14-11-27(35(33)34)18-7-5-4-6-15(14)18/h4-7,11-13,16-17H,8-10,23H2,1-3H3,(H,24,28)(H,25,29)(H,26,30)(H,31,32)/t13-,16-,17-/m0/s1. The molecule has 3 amide bonds. The summed E-state index contributed by atoms with van der Waals surface area (Å²) in [5, 5.41) is 17.4. The van der Waals surface area contributed by atoms with Crippen molar-refractivity contribution in [1.29, 1.82) is 0 Å². The van der Waals surface area contributed by atoms with Crippen molar-refractivity contribution in [3.63, 3.8) is 0 Å². The van der Waals surface area contributed by atoms with Gasteiger partial charge >= 0.3 is 14.1 Å². The SMILES string of the molecule is CC(C)C[C@H](NC(=O)[C@H](Cc1cn([P+](=O)[O-])c2ccccc12)NC(=O)[C@H](C)NC(=O)CN)C(=O)O. The van der Waals surface area contributed by atoms with Crippen molar-refractivity contribution in [2.45, 2.75) is 51.7 Å². The molecule has 1 heterocycles. The van der Waals surface area contributed by atoms with Crippen LogP contribution in [0.25, 0.3) is 10.9 Å². The van der Waals surface area contributed by atoms with Crippen molar-refractivity contribution in [3.8, 4) is 0 Å². The number of amides is 3. The highest BCUT2D eigenvalue weighted by atomic mass is 31.1. The third-order valence-corrected chi connectivity index (χ3v) is 5.97. The molecule has 2 aromatic rings. The zero-order chi connectivity index (χ0) is 26.3. The summed E-state index contributed by atoms with van der Waals surface area (Å²) in [7, 11) is -2.99. The highest BCUT2D eigenvalue weighted by Gasteiger charge is 2.30. The van der Waals surface area contributed by atoms with Gasteiger partial charge in [0.15, 0.2) is 0 Å². The fraction of sp³-hybridized carbons (Fsp3) is 0.455. The zero-order valence-corrected chi connectivity index (χ0v) is 20.6. The third kappa shape index (κ3) is 7.57. The lowest BCUT2D eigenvalue weighted by atomic mass is 10.0. The van der Waals surface area contributed by atoms with Crippen molar-refractivity contribution in [3.05, 3.63) is 36.0 Å². The molecule has 1 aromatic heterocycles. The van der Waals surface area contributed by atoms with Crippen LogP contribution < -0.4 is 26.6 Å². The van der Waals surface area contributed by atoms with Crippen molar-refractivity contribution < 1.29 is 33.7 Å². The van der Waals surface area contributed by atoms with E-state index in [9.17, 15) is 33.7 Å². The Balaban J connectivity index is 2.38. The Morgan fingerprint density at radius 1 is 1.06 bits per heavy atom. The first-order valence-corrected chi connectivity index (χ1v) is 12.1. The fourth-order valence-corrected chi connectivity index (χ4v) is 4.17. The number of fused-ring (bicyclic) bond motifs is 1. The molecule has 1 unspecified atom stereocenters. The predicted molar refractivity (Wildman–Crippen MR) is 126 cm³/mol. The maximum atomic E-state index is 13.1. The Labute approximate surface area is 203 Å². The normalized spacial score (nSPS) is 14.2. The summed E-state index contributed by atoms with van der Waals surface area (Å²) in [6, 6.07) is 3.19. The number of hydrogen-bond donors (Lipinski definition) is 5. The number of benzene rings is 1. The number of nitrogens with zero attached hydrogens (tertiary/aromatic N) is 1. The van der Waals surface area contributed by atoms with E-state index in [1.807, 2.05) is 13.8 Å². The molecule has 0 aliphatic carbocycles. The molecule has 6 N–H and O–H groups in total. The average molecular weight is 507 g/mol. The largest absolute Gasteiger partial charge is 0.573 e. The van der Waals surface area contributed by atoms with Gasteiger partial charge in [0.2, 0.25) is 17.7 Å². The highest BCUT2D eigenvalue weighted by molar-refractivity contribution is 7.34. The summed E-state index contributed by atoms with van der Waals surface area (Å²) < 4.78 is 12.7. The zero-order valence-electron chi connectivity index (χ0n) is 19.7. The van der Waals surface area contributed by atoms with E-state index >= 15 is 0 Å². The van der Waals surface area contributed by atoms with Crippen LogP contribution >= 0.6 is 8.18 Å². The van der Waals surface area contributed by atoms with Gasteiger partial charge in [-0.05, 0) is 35.5 Å². The smallest absolute Gasteiger partial charge is 0.444 e. The molecular formula is C22H30N5O7P. The van der Waals surface area contributed by atoms with Crippen molar-refractivity contribution in [1.82, 2.24) is 20.3 Å². The molecule has 35 heavy (non-hydrogen) atoms. The molecule has 0 radical (unpaired) electrons. The number of aromatic nitrogens is 1. The lowest BCUT2D eigenvalue weighted by Gasteiger charge is -2.24. The number of carbonyl (C=O) groups excluding carboxylic acids is 3. The van der Waals surface area contributed by atoms with E-state index in [0.717, 1.165) is 4.34 Å². The van der Waals surface area contributed by atoms with E-state index in [0.29, 0.717) is 16.5 Å². The molecule has 4 atom stereocenters. The quantitative estimate of drug-likeness (QED) is 0.240. The molecule has 190 valence electrons. The lowest BCUT2D eigenvalue weighted by molar-refractivity contribution is -0.166. The Morgan fingerprint density at radius 2 is 1.69 bits per heavy atom. The van der Waals surface area contributed by atoms with Crippen molar-refractivity contribution in [2.24, 2.45) is 11.7 Å². The van der Waals surface area contributed by atoms with Gasteiger partial charge in [-0.25, -0.2) is 4.79 Å². The van der Waals surface area contributed by atoms with Crippen LogP contribution in [-0.2, 0) is 30.2 Å². The maximum absolute atomic E-state index is 13.1. The number of para-hydroxylation sites is 1. The second kappa shape index (κ2) is 12.4. The van der Waals surface area contributed by atoms with Gasteiger partial charge in [0.25, 0.3) is 0 Å². The molecule has 0 fully saturated rings. The van der Waals surface area contributed by atoms with E-state index in [2.05, 4.69) is 16.0 Å². The minimum atomic E-state index is -2.99. The molecular weight excluding hydrogens is 477 g/mol. The number of carboxylic acid groups (broad SMARTS) is 1. The number of nitrogens with one attached hydrogen (secondary N) is 3. The van der Waals surface area contributed by atoms with Gasteiger partial charge in [-0.3, -0.25) is 14.4 Å². The van der Waals surface area contributed by atoms with Crippen molar-refractivity contribution >= 4 is 42.8 Å². The number of carbonyl (C=O) groups is 4. The number of nitrogens with two attached hydrogens (primary N) is 1. The van der Waals surface area contributed by atoms with Gasteiger partial charge in [-0.15, -0.1) is 4.34 Å². The van der Waals surface area contributed by atoms with Crippen molar-refractivity contribution in [2.75, 3.05) is 6.54 Å². The van der Waals surface area contributed by atoms with Crippen LogP contribution in [0.3, 0.4) is 0 Å². The second-order valence-electron chi connectivity index (χ2n) is 8.54. The summed E-state index contributed by atoms with van der Waals surface area (Å²) in [4.78, 5) is 60.8. The van der Waals surface area contributed by atoms with Crippen LogP contribution in [0.1, 0.15) is 32.8 Å². The van der Waals surface area contributed by atoms with E-state index < -0.39 is 50.0 Å². The molecule has 12 nitrogen and oxygen atoms in total. The number of hydrogen-bond acceptors (Lipinski definition) is 7. The molecule has 0 bridgehead atoms. The van der Waals surface area contributed by atoms with Crippen LogP contribution in [-0.4, -0.2) is 57.8 Å². The molecule has 0 saturated heterocycles. The van der Waals surface area contributed by atoms with Crippen LogP contribution in [0, 0.1) is 5.92 Å². The van der Waals surface area contributed by atoms with E-state index in [-0.39, 0.29) is 25.3 Å². The minimum Gasteiger partial charge on any atom is -0.573 e. The first-order chi connectivity index (χ1) is 16.4. The Hall–Kier alpha value is -3.34. The van der Waals surface area contributed by atoms with Gasteiger partial charge in [-0.1, -0.05) is 32.0 Å². The van der Waals surface area contributed by atoms with Crippen LogP contribution in [0.4, 0.5) is 0 Å². The topological polar surface area (TPSA) is 196 Å². The number of rotatable bonds is 12. The second-order valence-corrected chi connectivity index (χ2v) is 9.45. The summed E-state index contributed by atoms with van der Waals surface area (Å²) >= 11 is 0. The first kappa shape index (κ1) is 27.9. The van der Waals surface area contributed by atoms with E-state index in [1.54, 1.807) is 24.3 Å². The Bertz CT molecular complexity index is 1120. The van der Waals surface area contributed by atoms with Gasteiger partial charge in [-0.2, -0.15) is 0 Å². The maximum Gasteiger partial charge on any atom is 0.444 e. The third-order valence-electron chi connectivity index (χ3n) is 5.29. The van der Waals surface area contributed by atoms with Gasteiger partial charge in [0.1, 0.15) is 18.1 Å². The van der Waals surface area contributed by atoms with Crippen LogP contribution in [0.2, 0.25) is 0 Å². The minimum absolute atomic E-state index is 0.0257. The summed E-state index contributed by atoms with van der Waals surface area (Å²) in [6.45, 7) is 4.69. The average Bonchev–Trinajstić information content (AvgIpc) is 3.16. The molecule has 1 aromatic carbocycles. The monoisotopic (exact) mass is 507 g/mol. The first-order valence-electron chi connectivity index (χ1n) is 11.0. The molecule has 13 heteroatoms. The summed E-state index contributed by atoms with van der Waals surface area (Å²) in [6.07, 6.45) is 1.39. The predicted octanol–water partition coefficient (Wildman–Crippen LogP) is -0.387. The molecule has 0 saturated carbocycles. The van der Waals surface area contributed by atoms with Gasteiger partial charge in [0, 0.05) is 11.8 Å². The van der Waals surface area contributed by atoms with Crippen LogP contribution in [0.15, 0.2) is 30.5 Å². The summed E-state index contributed by atoms with van der Waals surface area (Å²) in [5.41, 5.74) is 6.11. The van der Waals surface area contributed by atoms with Crippen LogP contribution in [0.5, 0.6) is 0 Å². The molecule has 0 aliphatic heterocycles. The lowest BCUT2D eigenvalue weighted by Crippen LogP contribution is -2.56. The van der Waals surface area contributed by atoms with E-state index in [1.165, 1.54) is 13.1 Å².